The molecule has 2 heterocycles. The molecule has 0 amide bonds. The molecule has 0 aromatic heterocycles. The fourth-order valence-corrected chi connectivity index (χ4v) is 3.99. The van der Waals surface area contributed by atoms with E-state index >= 15 is 0 Å². The summed E-state index contributed by atoms with van der Waals surface area (Å²) < 4.78 is 3.20. The standard InChI is InChI=1S/C6H10IN/c1-2-6(8-5-1)3-4-7-6/h4,8H,1-3,5H2. The van der Waals surface area contributed by atoms with E-state index in [1.807, 2.05) is 0 Å². The lowest BCUT2D eigenvalue weighted by atomic mass is 10.2. The normalized spacial score (nSPS) is 44.0. The van der Waals surface area contributed by atoms with Crippen LogP contribution in [-0.4, -0.2) is 14.1 Å². The monoisotopic (exact) mass is 223 g/mol. The number of hydrogen-bond acceptors (Lipinski definition) is 1. The molecule has 0 aliphatic carbocycles. The first-order valence-corrected chi connectivity index (χ1v) is 5.45. The Bertz CT molecular complexity index is 124. The van der Waals surface area contributed by atoms with Crippen LogP contribution in [0.4, 0.5) is 0 Å². The molecule has 8 heavy (non-hydrogen) atoms. The van der Waals surface area contributed by atoms with E-state index in [-0.39, 0.29) is 0 Å². The predicted molar refractivity (Wildman–Crippen MR) is 44.7 cm³/mol. The van der Waals surface area contributed by atoms with Crippen molar-refractivity contribution in [3.63, 3.8) is 0 Å². The van der Waals surface area contributed by atoms with Crippen molar-refractivity contribution in [2.45, 2.75) is 22.8 Å². The van der Waals surface area contributed by atoms with Crippen molar-refractivity contribution in [3.05, 3.63) is 0 Å². The zero-order chi connectivity index (χ0) is 5.45. The fraction of sp³-hybridized carbons (Fsp3) is 0.833. The van der Waals surface area contributed by atoms with E-state index < -0.39 is 0 Å². The molecule has 1 unspecified atom stereocenters. The molecule has 0 aromatic rings. The summed E-state index contributed by atoms with van der Waals surface area (Å²) in [5.41, 5.74) is 0. The lowest BCUT2D eigenvalue weighted by molar-refractivity contribution is 0.601. The van der Waals surface area contributed by atoms with Crippen LogP contribution in [0.3, 0.4) is 0 Å². The van der Waals surface area contributed by atoms with Gasteiger partial charge < -0.3 is 5.32 Å². The molecule has 2 rings (SSSR count). The molecule has 0 radical (unpaired) electrons. The predicted octanol–water partition coefficient (Wildman–Crippen LogP) is 1.24. The maximum atomic E-state index is 3.59. The molecule has 1 saturated heterocycles. The minimum absolute atomic E-state index is 0.465. The highest BCUT2D eigenvalue weighted by molar-refractivity contribution is 14.2. The van der Waals surface area contributed by atoms with Crippen molar-refractivity contribution in [1.29, 1.82) is 0 Å². The van der Waals surface area contributed by atoms with Crippen LogP contribution < -0.4 is 5.32 Å². The van der Waals surface area contributed by atoms with Crippen molar-refractivity contribution >= 4 is 24.7 Å². The van der Waals surface area contributed by atoms with Gasteiger partial charge in [-0.3, -0.25) is 0 Å². The quantitative estimate of drug-likeness (QED) is 0.370. The van der Waals surface area contributed by atoms with Gasteiger partial charge in [0.05, 0.1) is 3.55 Å². The highest BCUT2D eigenvalue weighted by atomic mass is 127. The highest BCUT2D eigenvalue weighted by Crippen LogP contribution is 2.40. The van der Waals surface area contributed by atoms with E-state index in [2.05, 4.69) is 9.33 Å². The molecule has 0 aromatic carbocycles. The average molecular weight is 223 g/mol. The number of hydrogen-bond donors (Lipinski definition) is 1. The molecule has 0 saturated carbocycles. The summed E-state index contributed by atoms with van der Waals surface area (Å²) in [6.07, 6.45) is 4.27. The number of alkyl halides is 1. The number of rotatable bonds is 0. The molecule has 1 fully saturated rings. The van der Waals surface area contributed by atoms with Crippen LogP contribution in [0.25, 0.3) is 0 Å². The molecule has 46 valence electrons. The van der Waals surface area contributed by atoms with E-state index in [9.17, 15) is 0 Å². The number of halogens is 1. The Balaban J connectivity index is 2.14. The van der Waals surface area contributed by atoms with E-state index in [0.29, 0.717) is 20.7 Å². The molecular weight excluding hydrogens is 213 g/mol. The smallest absolute Gasteiger partial charge is 0.0693 e. The molecule has 0 bridgehead atoms. The minimum atomic E-state index is 0.465. The molecule has 2 heteroatoms. The zero-order valence-corrected chi connectivity index (χ0v) is 6.94. The Labute approximate surface area is 59.6 Å². The third-order valence-corrected chi connectivity index (χ3v) is 5.31. The Morgan fingerprint density at radius 1 is 1.62 bits per heavy atom. The summed E-state index contributed by atoms with van der Waals surface area (Å²) in [5, 5.41) is 3.59. The van der Waals surface area contributed by atoms with Crippen LogP contribution in [0.15, 0.2) is 0 Å². The van der Waals surface area contributed by atoms with Gasteiger partial charge in [-0.1, -0.05) is 4.01 Å². The summed E-state index contributed by atoms with van der Waals surface area (Å²) in [5.74, 6) is 0. The molecule has 2 aliphatic rings. The van der Waals surface area contributed by atoms with Crippen LogP contribution in [-0.2, 0) is 0 Å². The van der Waals surface area contributed by atoms with Gasteiger partial charge in [0.15, 0.2) is 0 Å². The van der Waals surface area contributed by atoms with Crippen molar-refractivity contribution in [2.24, 2.45) is 0 Å². The summed E-state index contributed by atoms with van der Waals surface area (Å²) >= 11 is 0.465. The summed E-state index contributed by atoms with van der Waals surface area (Å²) in [7, 11) is 0. The lowest BCUT2D eigenvalue weighted by Gasteiger charge is -2.29. The largest absolute Gasteiger partial charge is 0.303 e. The first-order chi connectivity index (χ1) is 3.91. The lowest BCUT2D eigenvalue weighted by Crippen LogP contribution is -2.38. The van der Waals surface area contributed by atoms with E-state index in [0.717, 1.165) is 3.55 Å². The second kappa shape index (κ2) is 1.77. The number of nitrogens with one attached hydrogen (secondary N) is 1. The second-order valence-electron chi connectivity index (χ2n) is 2.46. The van der Waals surface area contributed by atoms with Crippen LogP contribution in [0.2, 0.25) is 0 Å². The fourth-order valence-electron chi connectivity index (χ4n) is 1.30. The van der Waals surface area contributed by atoms with Crippen LogP contribution in [0.5, 0.6) is 0 Å². The van der Waals surface area contributed by atoms with E-state index in [1.54, 1.807) is 0 Å². The van der Waals surface area contributed by atoms with Crippen LogP contribution in [0.1, 0.15) is 19.3 Å². The zero-order valence-electron chi connectivity index (χ0n) is 4.78. The summed E-state index contributed by atoms with van der Waals surface area (Å²) in [4.78, 5) is 0. The molecule has 1 spiro atoms. The van der Waals surface area contributed by atoms with Crippen molar-refractivity contribution in [1.82, 2.24) is 5.32 Å². The molecule has 2 aliphatic heterocycles. The minimum Gasteiger partial charge on any atom is -0.303 e. The molecule has 1 N–H and O–H groups in total. The Morgan fingerprint density at radius 3 is 2.75 bits per heavy atom. The third-order valence-electron chi connectivity index (χ3n) is 1.88. The van der Waals surface area contributed by atoms with Gasteiger partial charge in [0.1, 0.15) is 0 Å². The van der Waals surface area contributed by atoms with Crippen molar-refractivity contribution in [3.8, 4) is 0 Å². The van der Waals surface area contributed by atoms with Crippen LogP contribution in [0, 0.1) is 0 Å². The molecule has 1 nitrogen and oxygen atoms in total. The summed E-state index contributed by atoms with van der Waals surface area (Å²) in [6, 6.07) is 0. The third kappa shape index (κ3) is 0.658. The Morgan fingerprint density at radius 2 is 2.50 bits per heavy atom. The van der Waals surface area contributed by atoms with Crippen LogP contribution >= 0.6 is 20.7 Å². The van der Waals surface area contributed by atoms with Gasteiger partial charge in [0.2, 0.25) is 0 Å². The van der Waals surface area contributed by atoms with E-state index in [1.165, 1.54) is 25.8 Å². The molecular formula is C6H10IN. The average Bonchev–Trinajstić information content (AvgIpc) is 2.07. The van der Waals surface area contributed by atoms with Gasteiger partial charge in [0.25, 0.3) is 0 Å². The Kier molecular flexibility index (Phi) is 1.18. The first-order valence-electron chi connectivity index (χ1n) is 3.13. The van der Waals surface area contributed by atoms with Gasteiger partial charge in [-0.2, -0.15) is 0 Å². The first kappa shape index (κ1) is 5.35. The van der Waals surface area contributed by atoms with Gasteiger partial charge >= 0.3 is 0 Å². The van der Waals surface area contributed by atoms with Gasteiger partial charge in [0, 0.05) is 0 Å². The second-order valence-corrected chi connectivity index (χ2v) is 6.03. The topological polar surface area (TPSA) is 12.0 Å². The van der Waals surface area contributed by atoms with Crippen molar-refractivity contribution < 1.29 is 0 Å². The highest BCUT2D eigenvalue weighted by Gasteiger charge is 2.34. The summed E-state index contributed by atoms with van der Waals surface area (Å²) in [6.45, 7) is 1.29. The van der Waals surface area contributed by atoms with Crippen molar-refractivity contribution in [2.75, 3.05) is 6.54 Å². The van der Waals surface area contributed by atoms with Gasteiger partial charge in [-0.05, 0) is 25.8 Å². The van der Waals surface area contributed by atoms with Gasteiger partial charge in [-0.15, -0.1) is 20.7 Å². The molecule has 1 atom stereocenters. The SMILES string of the molecule is C1=IC2(C1)CCCN2. The maximum Gasteiger partial charge on any atom is 0.0693 e. The van der Waals surface area contributed by atoms with Gasteiger partial charge in [-0.25, -0.2) is 0 Å². The van der Waals surface area contributed by atoms with E-state index in [4.69, 9.17) is 0 Å². The maximum absolute atomic E-state index is 3.59. The Hall–Kier alpha value is 0.560.